The number of urea groups is 1. The Morgan fingerprint density at radius 1 is 1.13 bits per heavy atom. The first-order valence-corrected chi connectivity index (χ1v) is 8.15. The van der Waals surface area contributed by atoms with Gasteiger partial charge in [0.2, 0.25) is 5.91 Å². The van der Waals surface area contributed by atoms with Gasteiger partial charge in [0.1, 0.15) is 6.54 Å². The summed E-state index contributed by atoms with van der Waals surface area (Å²) < 4.78 is 5.24. The number of nitrogens with zero attached hydrogens (tertiary/aromatic N) is 3. The third-order valence-electron chi connectivity index (χ3n) is 4.13. The molecule has 0 N–H and O–H groups in total. The smallest absolute Gasteiger partial charge is 0.320 e. The molecular weight excluding hydrogens is 318 g/mol. The Balaban J connectivity index is 1.55. The van der Waals surface area contributed by atoms with Gasteiger partial charge in [0.05, 0.1) is 13.2 Å². The van der Waals surface area contributed by atoms with Crippen molar-refractivity contribution >= 4 is 23.5 Å². The Kier molecular flexibility index (Phi) is 5.03. The maximum absolute atomic E-state index is 12.4. The van der Waals surface area contributed by atoms with E-state index in [0.29, 0.717) is 51.0 Å². The van der Waals surface area contributed by atoms with Crippen LogP contribution in [0.25, 0.3) is 0 Å². The largest absolute Gasteiger partial charge is 0.378 e. The number of halogens is 1. The van der Waals surface area contributed by atoms with E-state index in [-0.39, 0.29) is 18.5 Å². The average molecular weight is 338 g/mol. The number of rotatable bonds is 4. The van der Waals surface area contributed by atoms with Gasteiger partial charge >= 0.3 is 6.03 Å². The highest BCUT2D eigenvalue weighted by Crippen LogP contribution is 2.16. The number of morpholine rings is 1. The molecule has 0 unspecified atom stereocenters. The molecule has 2 fully saturated rings. The van der Waals surface area contributed by atoms with Gasteiger partial charge in [0.15, 0.2) is 0 Å². The molecule has 7 heteroatoms. The van der Waals surface area contributed by atoms with Crippen molar-refractivity contribution in [2.24, 2.45) is 0 Å². The third-order valence-corrected chi connectivity index (χ3v) is 4.37. The van der Waals surface area contributed by atoms with Gasteiger partial charge in [-0.1, -0.05) is 23.7 Å². The van der Waals surface area contributed by atoms with E-state index in [4.69, 9.17) is 16.3 Å². The van der Waals surface area contributed by atoms with E-state index in [9.17, 15) is 9.59 Å². The molecule has 6 nitrogen and oxygen atoms in total. The molecule has 23 heavy (non-hydrogen) atoms. The molecule has 2 heterocycles. The number of ether oxygens (including phenoxy) is 1. The Bertz CT molecular complexity index is 590. The van der Waals surface area contributed by atoms with Gasteiger partial charge in [-0.05, 0) is 17.7 Å². The fraction of sp³-hybridized carbons (Fsp3) is 0.500. The van der Waals surface area contributed by atoms with Gasteiger partial charge in [-0.2, -0.15) is 0 Å². The summed E-state index contributed by atoms with van der Waals surface area (Å²) in [5.41, 5.74) is 0.993. The Morgan fingerprint density at radius 2 is 1.87 bits per heavy atom. The van der Waals surface area contributed by atoms with Crippen LogP contribution in [0.15, 0.2) is 24.3 Å². The normalized spacial score (nSPS) is 18.7. The molecule has 2 aliphatic heterocycles. The van der Waals surface area contributed by atoms with E-state index in [1.165, 1.54) is 0 Å². The topological polar surface area (TPSA) is 53.1 Å². The van der Waals surface area contributed by atoms with Gasteiger partial charge in [0, 0.05) is 37.7 Å². The van der Waals surface area contributed by atoms with Crippen LogP contribution in [-0.2, 0) is 16.1 Å². The van der Waals surface area contributed by atoms with Crippen molar-refractivity contribution in [3.8, 4) is 0 Å². The van der Waals surface area contributed by atoms with Crippen LogP contribution < -0.4 is 0 Å². The molecule has 0 saturated carbocycles. The SMILES string of the molecule is O=C(CN1CCN(Cc2cccc(Cl)c2)C1=O)N1CCOCC1. The zero-order valence-corrected chi connectivity index (χ0v) is 13.7. The third kappa shape index (κ3) is 3.95. The lowest BCUT2D eigenvalue weighted by Gasteiger charge is -2.28. The zero-order chi connectivity index (χ0) is 16.2. The second-order valence-corrected chi connectivity index (χ2v) is 6.19. The highest BCUT2D eigenvalue weighted by Gasteiger charge is 2.31. The minimum absolute atomic E-state index is 0.00810. The van der Waals surface area contributed by atoms with Crippen LogP contribution in [0.2, 0.25) is 5.02 Å². The van der Waals surface area contributed by atoms with Crippen LogP contribution in [0.5, 0.6) is 0 Å². The summed E-state index contributed by atoms with van der Waals surface area (Å²) in [6.07, 6.45) is 0. The maximum atomic E-state index is 12.4. The minimum atomic E-state index is -0.0911. The van der Waals surface area contributed by atoms with Crippen molar-refractivity contribution in [3.05, 3.63) is 34.9 Å². The number of carbonyl (C=O) groups is 2. The molecule has 0 bridgehead atoms. The van der Waals surface area contributed by atoms with Crippen LogP contribution >= 0.6 is 11.6 Å². The van der Waals surface area contributed by atoms with Crippen molar-refractivity contribution in [1.29, 1.82) is 0 Å². The summed E-state index contributed by atoms with van der Waals surface area (Å²) in [5.74, 6) is -0.00810. The number of benzene rings is 1. The second kappa shape index (κ2) is 7.19. The zero-order valence-electron chi connectivity index (χ0n) is 12.9. The van der Waals surface area contributed by atoms with Crippen LogP contribution in [0.3, 0.4) is 0 Å². The fourth-order valence-corrected chi connectivity index (χ4v) is 3.07. The Morgan fingerprint density at radius 3 is 2.61 bits per heavy atom. The van der Waals surface area contributed by atoms with Crippen molar-refractivity contribution in [1.82, 2.24) is 14.7 Å². The van der Waals surface area contributed by atoms with Crippen molar-refractivity contribution in [2.75, 3.05) is 45.9 Å². The number of hydrogen-bond donors (Lipinski definition) is 0. The summed E-state index contributed by atoms with van der Waals surface area (Å²) in [4.78, 5) is 29.8. The van der Waals surface area contributed by atoms with Crippen LogP contribution in [0, 0.1) is 0 Å². The summed E-state index contributed by atoms with van der Waals surface area (Å²) in [6, 6.07) is 7.39. The standard InChI is InChI=1S/C16H20ClN3O3/c17-14-3-1-2-13(10-14)11-19-4-5-20(16(19)22)12-15(21)18-6-8-23-9-7-18/h1-3,10H,4-9,11-12H2. The van der Waals surface area contributed by atoms with Crippen molar-refractivity contribution in [3.63, 3.8) is 0 Å². The van der Waals surface area contributed by atoms with E-state index in [1.54, 1.807) is 14.7 Å². The van der Waals surface area contributed by atoms with E-state index < -0.39 is 0 Å². The number of hydrogen-bond acceptors (Lipinski definition) is 3. The van der Waals surface area contributed by atoms with Crippen LogP contribution in [0.4, 0.5) is 4.79 Å². The quantitative estimate of drug-likeness (QED) is 0.835. The average Bonchev–Trinajstić information content (AvgIpc) is 2.89. The molecule has 0 atom stereocenters. The van der Waals surface area contributed by atoms with Crippen LogP contribution in [0.1, 0.15) is 5.56 Å². The van der Waals surface area contributed by atoms with E-state index in [0.717, 1.165) is 5.56 Å². The van der Waals surface area contributed by atoms with Crippen molar-refractivity contribution in [2.45, 2.75) is 6.54 Å². The van der Waals surface area contributed by atoms with Gasteiger partial charge in [-0.15, -0.1) is 0 Å². The maximum Gasteiger partial charge on any atom is 0.320 e. The number of amides is 3. The van der Waals surface area contributed by atoms with E-state index >= 15 is 0 Å². The molecule has 1 aromatic carbocycles. The predicted octanol–water partition coefficient (Wildman–Crippen LogP) is 1.44. The van der Waals surface area contributed by atoms with Crippen molar-refractivity contribution < 1.29 is 14.3 Å². The minimum Gasteiger partial charge on any atom is -0.378 e. The van der Waals surface area contributed by atoms with Crippen LogP contribution in [-0.4, -0.2) is 72.6 Å². The lowest BCUT2D eigenvalue weighted by molar-refractivity contribution is -0.135. The molecule has 3 amide bonds. The highest BCUT2D eigenvalue weighted by atomic mass is 35.5. The first-order chi connectivity index (χ1) is 11.1. The molecule has 1 aromatic rings. The van der Waals surface area contributed by atoms with Gasteiger partial charge in [0.25, 0.3) is 0 Å². The molecule has 2 aliphatic rings. The summed E-state index contributed by atoms with van der Waals surface area (Å²) >= 11 is 5.98. The molecule has 2 saturated heterocycles. The molecule has 0 radical (unpaired) electrons. The predicted molar refractivity (Wildman–Crippen MR) is 86.2 cm³/mol. The summed E-state index contributed by atoms with van der Waals surface area (Å²) in [6.45, 7) is 4.21. The molecule has 3 rings (SSSR count). The number of carbonyl (C=O) groups excluding carboxylic acids is 2. The van der Waals surface area contributed by atoms with Gasteiger partial charge < -0.3 is 19.4 Å². The molecule has 124 valence electrons. The monoisotopic (exact) mass is 337 g/mol. The molecule has 0 aliphatic carbocycles. The molecular formula is C16H20ClN3O3. The summed E-state index contributed by atoms with van der Waals surface area (Å²) in [5, 5.41) is 0.661. The lowest BCUT2D eigenvalue weighted by Crippen LogP contribution is -2.46. The van der Waals surface area contributed by atoms with Gasteiger partial charge in [-0.25, -0.2) is 4.79 Å². The molecule has 0 aromatic heterocycles. The first-order valence-electron chi connectivity index (χ1n) is 7.77. The highest BCUT2D eigenvalue weighted by molar-refractivity contribution is 6.30. The Labute approximate surface area is 140 Å². The summed E-state index contributed by atoms with van der Waals surface area (Å²) in [7, 11) is 0. The van der Waals surface area contributed by atoms with Gasteiger partial charge in [-0.3, -0.25) is 4.79 Å². The lowest BCUT2D eigenvalue weighted by atomic mass is 10.2. The second-order valence-electron chi connectivity index (χ2n) is 5.75. The van der Waals surface area contributed by atoms with E-state index in [2.05, 4.69) is 0 Å². The Hall–Kier alpha value is -1.79. The fourth-order valence-electron chi connectivity index (χ4n) is 2.86. The first kappa shape index (κ1) is 16.1. The molecule has 0 spiro atoms. The van der Waals surface area contributed by atoms with E-state index in [1.807, 2.05) is 24.3 Å².